The number of rotatable bonds is 3. The first-order chi connectivity index (χ1) is 11.0. The van der Waals surface area contributed by atoms with E-state index in [1.807, 2.05) is 23.1 Å². The minimum atomic E-state index is -0.0751. The average Bonchev–Trinajstić information content (AvgIpc) is 2.51. The number of halogens is 1. The fraction of sp³-hybridized carbons (Fsp3) is 0.529. The van der Waals surface area contributed by atoms with Crippen molar-refractivity contribution >= 4 is 23.4 Å². The van der Waals surface area contributed by atoms with Crippen LogP contribution in [0.1, 0.15) is 19.8 Å². The standard InChI is InChI=1S/C17H21ClN2O3/c1-12(21)19-8-4-5-13(9-19)17(22)20-10-14(11-20)23-16-7-3-2-6-15(16)18/h2-3,6-7,13-14H,4-5,8-11H2,1H3/t13-/m0/s1. The highest BCUT2D eigenvalue weighted by atomic mass is 35.5. The van der Waals surface area contributed by atoms with Gasteiger partial charge in [-0.05, 0) is 25.0 Å². The Morgan fingerprint density at radius 1 is 1.17 bits per heavy atom. The van der Waals surface area contributed by atoms with Crippen molar-refractivity contribution in [2.75, 3.05) is 26.2 Å². The quantitative estimate of drug-likeness (QED) is 0.850. The van der Waals surface area contributed by atoms with Crippen molar-refractivity contribution in [2.24, 2.45) is 5.92 Å². The Hall–Kier alpha value is -1.75. The number of ether oxygens (including phenoxy) is 1. The Morgan fingerprint density at radius 3 is 2.61 bits per heavy atom. The van der Waals surface area contributed by atoms with Gasteiger partial charge in [0.25, 0.3) is 0 Å². The van der Waals surface area contributed by atoms with E-state index in [1.54, 1.807) is 17.9 Å². The molecule has 0 N–H and O–H groups in total. The zero-order chi connectivity index (χ0) is 16.4. The molecule has 3 rings (SSSR count). The zero-order valence-corrected chi connectivity index (χ0v) is 14.0. The summed E-state index contributed by atoms with van der Waals surface area (Å²) < 4.78 is 5.82. The maximum atomic E-state index is 12.5. The molecule has 23 heavy (non-hydrogen) atoms. The van der Waals surface area contributed by atoms with Gasteiger partial charge in [-0.2, -0.15) is 0 Å². The van der Waals surface area contributed by atoms with Gasteiger partial charge in [0.15, 0.2) is 0 Å². The van der Waals surface area contributed by atoms with Gasteiger partial charge in [-0.3, -0.25) is 9.59 Å². The van der Waals surface area contributed by atoms with Crippen LogP contribution in [-0.2, 0) is 9.59 Å². The topological polar surface area (TPSA) is 49.9 Å². The summed E-state index contributed by atoms with van der Waals surface area (Å²) in [7, 11) is 0. The number of benzene rings is 1. The summed E-state index contributed by atoms with van der Waals surface area (Å²) in [6.07, 6.45) is 1.74. The third-order valence-corrected chi connectivity index (χ3v) is 4.82. The third kappa shape index (κ3) is 3.61. The van der Waals surface area contributed by atoms with Crippen molar-refractivity contribution in [2.45, 2.75) is 25.9 Å². The second-order valence-electron chi connectivity index (χ2n) is 6.22. The van der Waals surface area contributed by atoms with Crippen LogP contribution in [-0.4, -0.2) is 53.9 Å². The molecule has 0 spiro atoms. The predicted molar refractivity (Wildman–Crippen MR) is 87.4 cm³/mol. The van der Waals surface area contributed by atoms with E-state index in [-0.39, 0.29) is 23.8 Å². The molecule has 124 valence electrons. The fourth-order valence-corrected chi connectivity index (χ4v) is 3.32. The first-order valence-corrected chi connectivity index (χ1v) is 8.38. The van der Waals surface area contributed by atoms with Crippen LogP contribution in [0.2, 0.25) is 5.02 Å². The molecule has 6 heteroatoms. The van der Waals surface area contributed by atoms with Gasteiger partial charge in [-0.25, -0.2) is 0 Å². The fourth-order valence-electron chi connectivity index (χ4n) is 3.14. The van der Waals surface area contributed by atoms with Crippen LogP contribution in [0, 0.1) is 5.92 Å². The maximum Gasteiger partial charge on any atom is 0.227 e. The molecule has 2 amide bonds. The molecule has 0 aliphatic carbocycles. The van der Waals surface area contributed by atoms with Gasteiger partial charge in [-0.15, -0.1) is 0 Å². The van der Waals surface area contributed by atoms with E-state index < -0.39 is 0 Å². The molecule has 2 saturated heterocycles. The van der Waals surface area contributed by atoms with Crippen molar-refractivity contribution in [1.82, 2.24) is 9.80 Å². The number of hydrogen-bond acceptors (Lipinski definition) is 3. The molecular weight excluding hydrogens is 316 g/mol. The molecule has 2 fully saturated rings. The lowest BCUT2D eigenvalue weighted by Gasteiger charge is -2.42. The molecule has 2 heterocycles. The number of amides is 2. The third-order valence-electron chi connectivity index (χ3n) is 4.51. The van der Waals surface area contributed by atoms with Crippen LogP contribution in [0.3, 0.4) is 0 Å². The molecular formula is C17H21ClN2O3. The number of nitrogens with zero attached hydrogens (tertiary/aromatic N) is 2. The highest BCUT2D eigenvalue weighted by Gasteiger charge is 2.37. The zero-order valence-electron chi connectivity index (χ0n) is 13.2. The first-order valence-electron chi connectivity index (χ1n) is 8.00. The van der Waals surface area contributed by atoms with Crippen LogP contribution in [0.4, 0.5) is 0 Å². The summed E-state index contributed by atoms with van der Waals surface area (Å²) in [4.78, 5) is 27.6. The van der Waals surface area contributed by atoms with Crippen molar-refractivity contribution in [3.8, 4) is 5.75 Å². The summed E-state index contributed by atoms with van der Waals surface area (Å²) in [6, 6.07) is 7.35. The monoisotopic (exact) mass is 336 g/mol. The summed E-state index contributed by atoms with van der Waals surface area (Å²) in [5.41, 5.74) is 0. The summed E-state index contributed by atoms with van der Waals surface area (Å²) in [5, 5.41) is 0.585. The second kappa shape index (κ2) is 6.79. The lowest BCUT2D eigenvalue weighted by atomic mass is 9.95. The molecule has 5 nitrogen and oxygen atoms in total. The van der Waals surface area contributed by atoms with E-state index >= 15 is 0 Å². The number of hydrogen-bond donors (Lipinski definition) is 0. The molecule has 2 aliphatic heterocycles. The SMILES string of the molecule is CC(=O)N1CCC[C@H](C(=O)N2CC(Oc3ccccc3Cl)C2)C1. The van der Waals surface area contributed by atoms with Crippen molar-refractivity contribution in [1.29, 1.82) is 0 Å². The number of piperidine rings is 1. The summed E-state index contributed by atoms with van der Waals surface area (Å²) in [6.45, 7) is 4.03. The molecule has 0 radical (unpaired) electrons. The van der Waals surface area contributed by atoms with Gasteiger partial charge < -0.3 is 14.5 Å². The van der Waals surface area contributed by atoms with Crippen LogP contribution < -0.4 is 4.74 Å². The van der Waals surface area contributed by atoms with E-state index in [0.29, 0.717) is 30.4 Å². The number of para-hydroxylation sites is 1. The minimum Gasteiger partial charge on any atom is -0.485 e. The van der Waals surface area contributed by atoms with Crippen molar-refractivity contribution in [3.05, 3.63) is 29.3 Å². The van der Waals surface area contributed by atoms with E-state index in [4.69, 9.17) is 16.3 Å². The number of carbonyl (C=O) groups excluding carboxylic acids is 2. The Bertz CT molecular complexity index is 601. The van der Waals surface area contributed by atoms with Crippen LogP contribution in [0.5, 0.6) is 5.75 Å². The lowest BCUT2D eigenvalue weighted by molar-refractivity contribution is -0.147. The van der Waals surface area contributed by atoms with Gasteiger partial charge in [0.1, 0.15) is 11.9 Å². The maximum absolute atomic E-state index is 12.5. The van der Waals surface area contributed by atoms with Crippen LogP contribution in [0.25, 0.3) is 0 Å². The van der Waals surface area contributed by atoms with Crippen LogP contribution in [0.15, 0.2) is 24.3 Å². The molecule has 0 saturated carbocycles. The molecule has 1 aromatic carbocycles. The van der Waals surface area contributed by atoms with Crippen molar-refractivity contribution in [3.63, 3.8) is 0 Å². The van der Waals surface area contributed by atoms with E-state index in [1.165, 1.54) is 0 Å². The molecule has 0 unspecified atom stereocenters. The Morgan fingerprint density at radius 2 is 1.91 bits per heavy atom. The molecule has 1 aromatic rings. The Balaban J connectivity index is 1.50. The van der Waals surface area contributed by atoms with E-state index in [0.717, 1.165) is 19.4 Å². The smallest absolute Gasteiger partial charge is 0.227 e. The normalized spacial score (nSPS) is 21.7. The first kappa shape index (κ1) is 16.1. The van der Waals surface area contributed by atoms with E-state index in [2.05, 4.69) is 0 Å². The van der Waals surface area contributed by atoms with Crippen LogP contribution >= 0.6 is 11.6 Å². The van der Waals surface area contributed by atoms with Crippen molar-refractivity contribution < 1.29 is 14.3 Å². The Kier molecular flexibility index (Phi) is 4.76. The summed E-state index contributed by atoms with van der Waals surface area (Å²) in [5.74, 6) is 0.765. The van der Waals surface area contributed by atoms with E-state index in [9.17, 15) is 9.59 Å². The molecule has 2 aliphatic rings. The lowest BCUT2D eigenvalue weighted by Crippen LogP contribution is -2.59. The summed E-state index contributed by atoms with van der Waals surface area (Å²) >= 11 is 6.07. The largest absolute Gasteiger partial charge is 0.485 e. The Labute approximate surface area is 141 Å². The minimum absolute atomic E-state index is 0.00801. The van der Waals surface area contributed by atoms with Gasteiger partial charge in [0.05, 0.1) is 24.0 Å². The number of likely N-dealkylation sites (tertiary alicyclic amines) is 2. The average molecular weight is 337 g/mol. The predicted octanol–water partition coefficient (Wildman–Crippen LogP) is 2.19. The molecule has 0 bridgehead atoms. The van der Waals surface area contributed by atoms with Gasteiger partial charge in [0.2, 0.25) is 11.8 Å². The molecule has 0 aromatic heterocycles. The highest BCUT2D eigenvalue weighted by Crippen LogP contribution is 2.28. The second-order valence-corrected chi connectivity index (χ2v) is 6.62. The highest BCUT2D eigenvalue weighted by molar-refractivity contribution is 6.32. The van der Waals surface area contributed by atoms with Gasteiger partial charge >= 0.3 is 0 Å². The number of carbonyl (C=O) groups is 2. The molecule has 1 atom stereocenters. The van der Waals surface area contributed by atoms with Gasteiger partial charge in [-0.1, -0.05) is 23.7 Å². The van der Waals surface area contributed by atoms with Gasteiger partial charge in [0, 0.05) is 20.0 Å².